The first-order chi connectivity index (χ1) is 9.99. The highest BCUT2D eigenvalue weighted by Gasteiger charge is 2.15. The smallest absolute Gasteiger partial charge is 0.238 e. The summed E-state index contributed by atoms with van der Waals surface area (Å²) in [5.74, 6) is 0.775. The first-order valence-corrected chi connectivity index (χ1v) is 8.62. The number of guanidine groups is 1. The molecule has 21 heavy (non-hydrogen) atoms. The van der Waals surface area contributed by atoms with Crippen molar-refractivity contribution in [2.45, 2.75) is 43.2 Å². The average Bonchev–Trinajstić information content (AvgIpc) is 2.96. The lowest BCUT2D eigenvalue weighted by molar-refractivity contribution is 0.597. The molecule has 4 N–H and O–H groups in total. The summed E-state index contributed by atoms with van der Waals surface area (Å²) < 4.78 is 22.4. The molecule has 0 aliphatic heterocycles. The normalized spacial score (nSPS) is 17.0. The van der Waals surface area contributed by atoms with Crippen LogP contribution in [0.3, 0.4) is 0 Å². The van der Waals surface area contributed by atoms with Crippen LogP contribution in [0.15, 0.2) is 34.2 Å². The highest BCUT2D eigenvalue weighted by atomic mass is 32.2. The van der Waals surface area contributed by atoms with E-state index in [4.69, 9.17) is 5.14 Å². The lowest BCUT2D eigenvalue weighted by atomic mass is 10.2. The van der Waals surface area contributed by atoms with Crippen molar-refractivity contribution in [2.24, 2.45) is 10.1 Å². The molecule has 1 aromatic carbocycles. The van der Waals surface area contributed by atoms with Crippen LogP contribution in [0.2, 0.25) is 0 Å². The van der Waals surface area contributed by atoms with Crippen LogP contribution in [0.5, 0.6) is 0 Å². The van der Waals surface area contributed by atoms with Crippen LogP contribution in [0.1, 0.15) is 31.2 Å². The minimum atomic E-state index is -3.63. The van der Waals surface area contributed by atoms with Crippen LogP contribution in [-0.4, -0.2) is 27.5 Å². The molecule has 2 rings (SSSR count). The fourth-order valence-electron chi connectivity index (χ4n) is 2.44. The van der Waals surface area contributed by atoms with E-state index in [2.05, 4.69) is 15.6 Å². The number of nitrogens with zero attached hydrogens (tertiary/aromatic N) is 1. The largest absolute Gasteiger partial charge is 0.354 e. The number of hydrogen-bond acceptors (Lipinski definition) is 3. The van der Waals surface area contributed by atoms with Crippen molar-refractivity contribution in [3.63, 3.8) is 0 Å². The molecule has 1 saturated carbocycles. The van der Waals surface area contributed by atoms with E-state index in [9.17, 15) is 8.42 Å². The molecule has 0 unspecified atom stereocenters. The van der Waals surface area contributed by atoms with Crippen molar-refractivity contribution in [2.75, 3.05) is 7.05 Å². The Kier molecular flexibility index (Phi) is 5.19. The second kappa shape index (κ2) is 6.91. The van der Waals surface area contributed by atoms with Gasteiger partial charge in [0.25, 0.3) is 0 Å². The van der Waals surface area contributed by atoms with Crippen LogP contribution in [0.4, 0.5) is 0 Å². The third-order valence-corrected chi connectivity index (χ3v) is 4.56. The van der Waals surface area contributed by atoms with Crippen LogP contribution in [0.25, 0.3) is 0 Å². The van der Waals surface area contributed by atoms with Crippen LogP contribution >= 0.6 is 0 Å². The number of benzene rings is 1. The predicted octanol–water partition coefficient (Wildman–Crippen LogP) is 0.942. The van der Waals surface area contributed by atoms with Crippen molar-refractivity contribution in [3.05, 3.63) is 29.8 Å². The Morgan fingerprint density at radius 1 is 1.29 bits per heavy atom. The second-order valence-electron chi connectivity index (χ2n) is 5.24. The van der Waals surface area contributed by atoms with Gasteiger partial charge in [0.05, 0.1) is 4.90 Å². The molecule has 0 heterocycles. The number of hydrogen-bond donors (Lipinski definition) is 3. The molecule has 1 aliphatic rings. The Morgan fingerprint density at radius 2 is 1.90 bits per heavy atom. The number of rotatable bonds is 4. The standard InChI is InChI=1S/C14H22N4O2S/c1-16-14(18-12-4-2-3-5-12)17-10-11-6-8-13(9-7-11)21(15,19)20/h6-9,12H,2-5,10H2,1H3,(H2,15,19,20)(H2,16,17,18). The van der Waals surface area contributed by atoms with E-state index < -0.39 is 10.0 Å². The molecule has 0 amide bonds. The Balaban J connectivity index is 1.89. The maximum atomic E-state index is 11.2. The van der Waals surface area contributed by atoms with E-state index in [1.807, 2.05) is 0 Å². The second-order valence-corrected chi connectivity index (χ2v) is 6.80. The average molecular weight is 310 g/mol. The van der Waals surface area contributed by atoms with Gasteiger partial charge in [0.15, 0.2) is 5.96 Å². The van der Waals surface area contributed by atoms with Crippen LogP contribution < -0.4 is 15.8 Å². The monoisotopic (exact) mass is 310 g/mol. The third-order valence-electron chi connectivity index (χ3n) is 3.63. The molecular weight excluding hydrogens is 288 g/mol. The third kappa shape index (κ3) is 4.71. The van der Waals surface area contributed by atoms with E-state index in [1.54, 1.807) is 19.2 Å². The summed E-state index contributed by atoms with van der Waals surface area (Å²) in [6, 6.07) is 7.02. The summed E-state index contributed by atoms with van der Waals surface area (Å²) in [6.07, 6.45) is 4.90. The fourth-order valence-corrected chi connectivity index (χ4v) is 2.96. The zero-order valence-electron chi connectivity index (χ0n) is 12.2. The molecule has 0 aromatic heterocycles. The summed E-state index contributed by atoms with van der Waals surface area (Å²) in [4.78, 5) is 4.33. The number of sulfonamides is 1. The van der Waals surface area contributed by atoms with Gasteiger partial charge in [-0.15, -0.1) is 0 Å². The van der Waals surface area contributed by atoms with Crippen molar-refractivity contribution in [1.29, 1.82) is 0 Å². The molecule has 0 atom stereocenters. The van der Waals surface area contributed by atoms with Crippen molar-refractivity contribution in [3.8, 4) is 0 Å². The lowest BCUT2D eigenvalue weighted by Crippen LogP contribution is -2.41. The maximum Gasteiger partial charge on any atom is 0.238 e. The van der Waals surface area contributed by atoms with E-state index >= 15 is 0 Å². The first-order valence-electron chi connectivity index (χ1n) is 7.08. The first kappa shape index (κ1) is 15.8. The Labute approximate surface area is 125 Å². The topological polar surface area (TPSA) is 96.6 Å². The minimum Gasteiger partial charge on any atom is -0.354 e. The number of nitrogens with two attached hydrogens (primary N) is 1. The van der Waals surface area contributed by atoms with Crippen molar-refractivity contribution < 1.29 is 8.42 Å². The van der Waals surface area contributed by atoms with Gasteiger partial charge in [-0.3, -0.25) is 4.99 Å². The Bertz CT molecular complexity index is 590. The Hall–Kier alpha value is -1.60. The summed E-state index contributed by atoms with van der Waals surface area (Å²) >= 11 is 0. The molecule has 116 valence electrons. The molecule has 6 nitrogen and oxygen atoms in total. The molecule has 1 aliphatic carbocycles. The van der Waals surface area contributed by atoms with E-state index in [0.29, 0.717) is 12.6 Å². The van der Waals surface area contributed by atoms with Crippen molar-refractivity contribution >= 4 is 16.0 Å². The predicted molar refractivity (Wildman–Crippen MR) is 83.4 cm³/mol. The SMILES string of the molecule is CN=C(NCc1ccc(S(N)(=O)=O)cc1)NC1CCCC1. The fraction of sp³-hybridized carbons (Fsp3) is 0.500. The quantitative estimate of drug-likeness (QED) is 0.569. The van der Waals surface area contributed by atoms with Crippen LogP contribution in [0, 0.1) is 0 Å². The molecule has 0 bridgehead atoms. The molecule has 7 heteroatoms. The highest BCUT2D eigenvalue weighted by Crippen LogP contribution is 2.17. The van der Waals surface area contributed by atoms with Gasteiger partial charge in [0, 0.05) is 19.6 Å². The molecule has 0 spiro atoms. The summed E-state index contributed by atoms with van der Waals surface area (Å²) in [5, 5.41) is 11.7. The molecule has 1 aromatic rings. The summed E-state index contributed by atoms with van der Waals surface area (Å²) in [6.45, 7) is 0.581. The van der Waals surface area contributed by atoms with Gasteiger partial charge in [0.2, 0.25) is 10.0 Å². The number of nitrogens with one attached hydrogen (secondary N) is 2. The van der Waals surface area contributed by atoms with Gasteiger partial charge in [-0.1, -0.05) is 25.0 Å². The van der Waals surface area contributed by atoms with Gasteiger partial charge in [-0.25, -0.2) is 13.6 Å². The van der Waals surface area contributed by atoms with Crippen LogP contribution in [-0.2, 0) is 16.6 Å². The van der Waals surface area contributed by atoms with Gasteiger partial charge < -0.3 is 10.6 Å². The molecule has 0 saturated heterocycles. The number of aliphatic imine (C=N–C) groups is 1. The summed E-state index contributed by atoms with van der Waals surface area (Å²) in [7, 11) is -1.88. The van der Waals surface area contributed by atoms with E-state index in [-0.39, 0.29) is 4.90 Å². The zero-order chi connectivity index (χ0) is 15.3. The Morgan fingerprint density at radius 3 is 2.43 bits per heavy atom. The van der Waals surface area contributed by atoms with Gasteiger partial charge in [-0.2, -0.15) is 0 Å². The molecule has 1 fully saturated rings. The zero-order valence-corrected chi connectivity index (χ0v) is 13.0. The van der Waals surface area contributed by atoms with Gasteiger partial charge in [-0.05, 0) is 30.5 Å². The maximum absolute atomic E-state index is 11.2. The number of primary sulfonamides is 1. The van der Waals surface area contributed by atoms with E-state index in [1.165, 1.54) is 37.8 Å². The van der Waals surface area contributed by atoms with Gasteiger partial charge >= 0.3 is 0 Å². The van der Waals surface area contributed by atoms with Gasteiger partial charge in [0.1, 0.15) is 0 Å². The lowest BCUT2D eigenvalue weighted by Gasteiger charge is -2.16. The van der Waals surface area contributed by atoms with Crippen molar-refractivity contribution in [1.82, 2.24) is 10.6 Å². The summed E-state index contributed by atoms with van der Waals surface area (Å²) in [5.41, 5.74) is 0.969. The van der Waals surface area contributed by atoms with E-state index in [0.717, 1.165) is 11.5 Å². The molecular formula is C14H22N4O2S. The minimum absolute atomic E-state index is 0.125. The molecule has 0 radical (unpaired) electrons. The highest BCUT2D eigenvalue weighted by molar-refractivity contribution is 7.89.